The second-order valence-electron chi connectivity index (χ2n) is 7.86. The molecule has 5 rings (SSSR count). The number of aromatic nitrogens is 2. The molecule has 0 spiro atoms. The van der Waals surface area contributed by atoms with Crippen molar-refractivity contribution in [2.24, 2.45) is 5.92 Å². The van der Waals surface area contributed by atoms with E-state index in [1.807, 2.05) is 0 Å². The average molecular weight is 338 g/mol. The quantitative estimate of drug-likeness (QED) is 0.854. The molecule has 1 aromatic carbocycles. The van der Waals surface area contributed by atoms with Gasteiger partial charge in [0.05, 0.1) is 0 Å². The van der Waals surface area contributed by atoms with Gasteiger partial charge in [0.25, 0.3) is 0 Å². The molecule has 132 valence electrons. The highest BCUT2D eigenvalue weighted by Crippen LogP contribution is 2.40. The van der Waals surface area contributed by atoms with Crippen LogP contribution < -0.4 is 4.90 Å². The van der Waals surface area contributed by atoms with Gasteiger partial charge in [0, 0.05) is 31.6 Å². The van der Waals surface area contributed by atoms with Crippen molar-refractivity contribution >= 4 is 6.01 Å². The molecule has 0 N–H and O–H groups in total. The average Bonchev–Trinajstić information content (AvgIpc) is 3.39. The van der Waals surface area contributed by atoms with E-state index < -0.39 is 0 Å². The van der Waals surface area contributed by atoms with Crippen molar-refractivity contribution in [2.75, 3.05) is 24.5 Å². The third-order valence-electron chi connectivity index (χ3n) is 6.04. The van der Waals surface area contributed by atoms with Crippen LogP contribution in [0.4, 0.5) is 6.01 Å². The number of anilines is 1. The van der Waals surface area contributed by atoms with Crippen LogP contribution in [0.5, 0.6) is 0 Å². The Kier molecular flexibility index (Phi) is 3.97. The van der Waals surface area contributed by atoms with E-state index in [1.165, 1.54) is 44.2 Å². The Balaban J connectivity index is 1.26. The number of piperidine rings is 2. The maximum atomic E-state index is 5.94. The minimum absolute atomic E-state index is 0.537. The summed E-state index contributed by atoms with van der Waals surface area (Å²) in [4.78, 5) is 5.02. The Bertz CT molecular complexity index is 711. The minimum Gasteiger partial charge on any atom is -0.408 e. The van der Waals surface area contributed by atoms with Gasteiger partial charge in [-0.2, -0.15) is 0 Å². The van der Waals surface area contributed by atoms with Gasteiger partial charge in [-0.05, 0) is 50.1 Å². The molecule has 1 aliphatic carbocycles. The Hall–Kier alpha value is -1.88. The molecular formula is C20H26N4O. The zero-order valence-corrected chi connectivity index (χ0v) is 14.7. The number of rotatable bonds is 4. The highest BCUT2D eigenvalue weighted by Gasteiger charge is 2.38. The standard InChI is InChI=1S/C20H26N4O/c1-2-5-15(6-3-1)13-23-11-4-7-17-14-24(12-10-18(17)23)20-22-21-19(25-20)16-8-9-16/h1-3,5-6,16-18H,4,7-14H2/t17-,18-/m1/s1. The van der Waals surface area contributed by atoms with E-state index in [0.717, 1.165) is 31.5 Å². The third kappa shape index (κ3) is 3.17. The first-order chi connectivity index (χ1) is 12.4. The zero-order chi connectivity index (χ0) is 16.6. The van der Waals surface area contributed by atoms with Gasteiger partial charge in [0.2, 0.25) is 5.89 Å². The van der Waals surface area contributed by atoms with Crippen molar-refractivity contribution < 1.29 is 4.42 Å². The monoisotopic (exact) mass is 338 g/mol. The molecule has 2 saturated heterocycles. The van der Waals surface area contributed by atoms with Crippen LogP contribution in [0.15, 0.2) is 34.7 Å². The molecule has 2 atom stereocenters. The van der Waals surface area contributed by atoms with Crippen LogP contribution in [0.2, 0.25) is 0 Å². The summed E-state index contributed by atoms with van der Waals surface area (Å²) < 4.78 is 5.94. The number of benzene rings is 1. The normalized spacial score (nSPS) is 27.3. The lowest BCUT2D eigenvalue weighted by molar-refractivity contribution is 0.0690. The molecule has 5 nitrogen and oxygen atoms in total. The van der Waals surface area contributed by atoms with Crippen LogP contribution in [-0.4, -0.2) is 40.8 Å². The Labute approximate surface area is 149 Å². The summed E-state index contributed by atoms with van der Waals surface area (Å²) in [5.41, 5.74) is 1.43. The maximum absolute atomic E-state index is 5.94. The molecule has 0 amide bonds. The Morgan fingerprint density at radius 1 is 1.00 bits per heavy atom. The number of fused-ring (bicyclic) bond motifs is 1. The molecule has 0 radical (unpaired) electrons. The smallest absolute Gasteiger partial charge is 0.318 e. The number of likely N-dealkylation sites (tertiary alicyclic amines) is 1. The molecule has 3 fully saturated rings. The van der Waals surface area contributed by atoms with Crippen LogP contribution in [0.3, 0.4) is 0 Å². The van der Waals surface area contributed by atoms with Gasteiger partial charge in [-0.1, -0.05) is 35.4 Å². The fourth-order valence-corrected chi connectivity index (χ4v) is 4.54. The fraction of sp³-hybridized carbons (Fsp3) is 0.600. The second-order valence-corrected chi connectivity index (χ2v) is 7.86. The lowest BCUT2D eigenvalue weighted by atomic mass is 9.83. The highest BCUT2D eigenvalue weighted by molar-refractivity contribution is 5.27. The van der Waals surface area contributed by atoms with Gasteiger partial charge in [0.1, 0.15) is 0 Å². The maximum Gasteiger partial charge on any atom is 0.318 e. The lowest BCUT2D eigenvalue weighted by Gasteiger charge is -2.47. The molecule has 1 saturated carbocycles. The van der Waals surface area contributed by atoms with Crippen molar-refractivity contribution in [3.63, 3.8) is 0 Å². The Morgan fingerprint density at radius 3 is 2.72 bits per heavy atom. The van der Waals surface area contributed by atoms with E-state index >= 15 is 0 Å². The summed E-state index contributed by atoms with van der Waals surface area (Å²) in [6.07, 6.45) is 6.22. The molecule has 0 unspecified atom stereocenters. The Morgan fingerprint density at radius 2 is 1.88 bits per heavy atom. The highest BCUT2D eigenvalue weighted by atomic mass is 16.4. The summed E-state index contributed by atoms with van der Waals surface area (Å²) in [5, 5.41) is 8.58. The van der Waals surface area contributed by atoms with E-state index in [-0.39, 0.29) is 0 Å². The van der Waals surface area contributed by atoms with E-state index in [9.17, 15) is 0 Å². The fourth-order valence-electron chi connectivity index (χ4n) is 4.54. The number of hydrogen-bond acceptors (Lipinski definition) is 5. The van der Waals surface area contributed by atoms with Gasteiger partial charge < -0.3 is 9.32 Å². The molecule has 3 heterocycles. The second kappa shape index (κ2) is 6.45. The summed E-state index contributed by atoms with van der Waals surface area (Å²) >= 11 is 0. The predicted octanol–water partition coefficient (Wildman–Crippen LogP) is 3.44. The van der Waals surface area contributed by atoms with Crippen LogP contribution in [0.25, 0.3) is 0 Å². The molecule has 1 aromatic heterocycles. The first-order valence-corrected chi connectivity index (χ1v) is 9.73. The van der Waals surface area contributed by atoms with E-state index in [2.05, 4.69) is 50.3 Å². The van der Waals surface area contributed by atoms with Crippen molar-refractivity contribution in [2.45, 2.75) is 50.6 Å². The molecular weight excluding hydrogens is 312 g/mol. The third-order valence-corrected chi connectivity index (χ3v) is 6.04. The predicted molar refractivity (Wildman–Crippen MR) is 96.5 cm³/mol. The molecule has 25 heavy (non-hydrogen) atoms. The lowest BCUT2D eigenvalue weighted by Crippen LogP contribution is -2.53. The van der Waals surface area contributed by atoms with E-state index in [1.54, 1.807) is 0 Å². The summed E-state index contributed by atoms with van der Waals surface area (Å²) in [6, 6.07) is 12.3. The van der Waals surface area contributed by atoms with Crippen molar-refractivity contribution in [1.82, 2.24) is 15.1 Å². The molecule has 2 aliphatic heterocycles. The zero-order valence-electron chi connectivity index (χ0n) is 14.7. The van der Waals surface area contributed by atoms with Gasteiger partial charge in [-0.15, -0.1) is 5.10 Å². The van der Waals surface area contributed by atoms with Gasteiger partial charge >= 0.3 is 6.01 Å². The van der Waals surface area contributed by atoms with Gasteiger partial charge in [-0.25, -0.2) is 0 Å². The van der Waals surface area contributed by atoms with Gasteiger partial charge in [0.15, 0.2) is 0 Å². The van der Waals surface area contributed by atoms with Crippen LogP contribution >= 0.6 is 0 Å². The van der Waals surface area contributed by atoms with E-state index in [4.69, 9.17) is 4.42 Å². The van der Waals surface area contributed by atoms with Gasteiger partial charge in [-0.3, -0.25) is 4.90 Å². The van der Waals surface area contributed by atoms with Crippen LogP contribution in [0.1, 0.15) is 49.5 Å². The van der Waals surface area contributed by atoms with Crippen molar-refractivity contribution in [3.05, 3.63) is 41.8 Å². The minimum atomic E-state index is 0.537. The summed E-state index contributed by atoms with van der Waals surface area (Å²) in [6.45, 7) is 4.39. The van der Waals surface area contributed by atoms with E-state index in [0.29, 0.717) is 17.9 Å². The molecule has 0 bridgehead atoms. The molecule has 5 heteroatoms. The van der Waals surface area contributed by atoms with Crippen molar-refractivity contribution in [3.8, 4) is 0 Å². The first-order valence-electron chi connectivity index (χ1n) is 9.73. The topological polar surface area (TPSA) is 45.4 Å². The molecule has 2 aromatic rings. The molecule has 3 aliphatic rings. The summed E-state index contributed by atoms with van der Waals surface area (Å²) in [5.74, 6) is 2.10. The van der Waals surface area contributed by atoms with Crippen LogP contribution in [-0.2, 0) is 6.54 Å². The largest absolute Gasteiger partial charge is 0.408 e. The van der Waals surface area contributed by atoms with Crippen LogP contribution in [0, 0.1) is 5.92 Å². The van der Waals surface area contributed by atoms with Crippen molar-refractivity contribution in [1.29, 1.82) is 0 Å². The summed E-state index contributed by atoms with van der Waals surface area (Å²) in [7, 11) is 0. The first kappa shape index (κ1) is 15.4. The number of hydrogen-bond donors (Lipinski definition) is 0. The number of nitrogens with zero attached hydrogens (tertiary/aromatic N) is 4. The SMILES string of the molecule is c1ccc(CN2CCC[C@@H]3CN(c4nnc(C5CC5)o4)CC[C@H]32)cc1.